The van der Waals surface area contributed by atoms with Gasteiger partial charge in [-0.15, -0.1) is 0 Å². The number of carbonyl (C=O) groups is 3. The highest BCUT2D eigenvalue weighted by Gasteiger charge is 2.72. The Labute approximate surface area is 667 Å². The lowest BCUT2D eigenvalue weighted by atomic mass is 9.33. The number of aliphatic carboxylic acids is 1. The number of aldehydes is 1. The molecule has 0 radical (unpaired) electrons. The van der Waals surface area contributed by atoms with Gasteiger partial charge in [-0.25, -0.2) is 4.79 Å². The Bertz CT molecular complexity index is 3420. The molecule has 0 bridgehead atoms. The lowest BCUT2D eigenvalue weighted by molar-refractivity contribution is -0.399. The van der Waals surface area contributed by atoms with E-state index < -0.39 is 317 Å². The second kappa shape index (κ2) is 34.5. The minimum absolute atomic E-state index is 0.114. The van der Waals surface area contributed by atoms with Crippen LogP contribution in [0.4, 0.5) is 0 Å². The van der Waals surface area contributed by atoms with Crippen molar-refractivity contribution in [2.45, 2.75) is 366 Å². The molecule has 0 aromatic rings. The number of rotatable bonds is 20. The highest BCUT2D eigenvalue weighted by Crippen LogP contribution is 2.76. The first-order chi connectivity index (χ1) is 54.5. The molecule has 664 valence electrons. The van der Waals surface area contributed by atoms with E-state index in [2.05, 4.69) is 40.7 Å². The molecule has 47 atom stereocenters. The molecular formula is C76H120O40. The number of aliphatic hydroxyl groups is 20. The third-order valence-electron chi connectivity index (χ3n) is 28.9. The van der Waals surface area contributed by atoms with Crippen molar-refractivity contribution in [2.24, 2.45) is 50.2 Å². The average Bonchev–Trinajstić information content (AvgIpc) is 0.673. The molecule has 40 nitrogen and oxygen atoms in total. The number of fused-ring (bicyclic) bond motifs is 7. The fourth-order valence-corrected chi connectivity index (χ4v) is 21.6. The molecule has 8 heterocycles. The quantitative estimate of drug-likeness (QED) is 0.0233. The third kappa shape index (κ3) is 15.8. The number of allylic oxidation sites excluding steroid dienone is 2. The summed E-state index contributed by atoms with van der Waals surface area (Å²) in [5, 5.41) is 232. The molecule has 12 fully saturated rings. The number of carbonyl (C=O) groups excluding carboxylic acids is 2. The molecule has 8 aliphatic heterocycles. The average molecular weight is 1670 g/mol. The maximum atomic E-state index is 16.0. The Morgan fingerprint density at radius 1 is 0.440 bits per heavy atom. The van der Waals surface area contributed by atoms with Crippen LogP contribution in [0.2, 0.25) is 0 Å². The Balaban J connectivity index is 0.761. The first kappa shape index (κ1) is 90.7. The van der Waals surface area contributed by atoms with Crippen molar-refractivity contribution < 1.29 is 197 Å². The van der Waals surface area contributed by atoms with E-state index in [0.29, 0.717) is 51.4 Å². The molecule has 0 spiro atoms. The summed E-state index contributed by atoms with van der Waals surface area (Å²) in [6.45, 7) is 13.7. The number of carboxylic acid groups (broad SMARTS) is 1. The van der Waals surface area contributed by atoms with Crippen LogP contribution in [0, 0.1) is 50.2 Å². The van der Waals surface area contributed by atoms with Gasteiger partial charge in [0.1, 0.15) is 159 Å². The van der Waals surface area contributed by atoms with Crippen molar-refractivity contribution >= 4 is 18.2 Å². The summed E-state index contributed by atoms with van der Waals surface area (Å²) in [4.78, 5) is 43.5. The summed E-state index contributed by atoms with van der Waals surface area (Å²) in [6, 6.07) is 0. The van der Waals surface area contributed by atoms with Gasteiger partial charge in [-0.3, -0.25) is 4.79 Å². The van der Waals surface area contributed by atoms with Crippen LogP contribution in [0.1, 0.15) is 127 Å². The van der Waals surface area contributed by atoms with E-state index >= 15 is 4.79 Å². The second-order valence-corrected chi connectivity index (χ2v) is 36.3. The second-order valence-electron chi connectivity index (χ2n) is 36.3. The van der Waals surface area contributed by atoms with Crippen LogP contribution in [0.25, 0.3) is 0 Å². The lowest BCUT2D eigenvalue weighted by Gasteiger charge is -2.71. The summed E-state index contributed by atoms with van der Waals surface area (Å²) >= 11 is 0. The molecule has 40 heteroatoms. The fourth-order valence-electron chi connectivity index (χ4n) is 21.6. The summed E-state index contributed by atoms with van der Waals surface area (Å²) in [7, 11) is 0. The van der Waals surface area contributed by atoms with Gasteiger partial charge in [0.2, 0.25) is 6.29 Å². The molecule has 13 rings (SSSR count). The summed E-state index contributed by atoms with van der Waals surface area (Å²) in [6.07, 6.45) is -64.3. The maximum absolute atomic E-state index is 16.0. The zero-order valence-corrected chi connectivity index (χ0v) is 66.0. The minimum Gasteiger partial charge on any atom is -0.479 e. The van der Waals surface area contributed by atoms with Crippen LogP contribution in [0.15, 0.2) is 11.6 Å². The van der Waals surface area contributed by atoms with Gasteiger partial charge in [0.15, 0.2) is 56.2 Å². The molecule has 21 N–H and O–H groups in total. The van der Waals surface area contributed by atoms with Crippen molar-refractivity contribution in [3.8, 4) is 0 Å². The van der Waals surface area contributed by atoms with Crippen LogP contribution in [0.3, 0.4) is 0 Å². The van der Waals surface area contributed by atoms with Gasteiger partial charge in [0, 0.05) is 0 Å². The highest BCUT2D eigenvalue weighted by molar-refractivity contribution is 5.79. The van der Waals surface area contributed by atoms with Crippen LogP contribution in [-0.4, -0.2) is 391 Å². The Morgan fingerprint density at radius 3 is 1.52 bits per heavy atom. The summed E-state index contributed by atoms with van der Waals surface area (Å²) in [5.41, 5.74) is -3.85. The predicted molar refractivity (Wildman–Crippen MR) is 378 cm³/mol. The van der Waals surface area contributed by atoms with Crippen molar-refractivity contribution in [1.82, 2.24) is 0 Å². The molecule has 0 amide bonds. The number of carboxylic acids is 1. The van der Waals surface area contributed by atoms with Gasteiger partial charge in [-0.2, -0.15) is 0 Å². The molecule has 0 aromatic heterocycles. The van der Waals surface area contributed by atoms with Gasteiger partial charge in [0.25, 0.3) is 0 Å². The van der Waals surface area contributed by atoms with Crippen LogP contribution >= 0.6 is 0 Å². The zero-order valence-electron chi connectivity index (χ0n) is 66.0. The molecule has 8 saturated heterocycles. The first-order valence-electron chi connectivity index (χ1n) is 40.3. The van der Waals surface area contributed by atoms with Crippen molar-refractivity contribution in [1.29, 1.82) is 0 Å². The van der Waals surface area contributed by atoms with Crippen LogP contribution < -0.4 is 0 Å². The predicted octanol–water partition coefficient (Wildman–Crippen LogP) is -7.11. The van der Waals surface area contributed by atoms with E-state index in [1.54, 1.807) is 6.92 Å². The van der Waals surface area contributed by atoms with E-state index in [4.69, 9.17) is 75.8 Å². The summed E-state index contributed by atoms with van der Waals surface area (Å²) < 4.78 is 97.3. The van der Waals surface area contributed by atoms with E-state index in [1.165, 1.54) is 20.8 Å². The van der Waals surface area contributed by atoms with Gasteiger partial charge < -0.3 is 188 Å². The van der Waals surface area contributed by atoms with E-state index in [9.17, 15) is 117 Å². The Morgan fingerprint density at radius 2 is 0.922 bits per heavy atom. The Kier molecular flexibility index (Phi) is 26.9. The maximum Gasteiger partial charge on any atom is 0.335 e. The fraction of sp³-hybridized carbons (Fsp3) is 0.934. The molecule has 116 heavy (non-hydrogen) atoms. The number of hydrogen-bond acceptors (Lipinski definition) is 39. The van der Waals surface area contributed by atoms with E-state index in [-0.39, 0.29) is 24.2 Å². The first-order valence-corrected chi connectivity index (χ1v) is 40.3. The zero-order chi connectivity index (χ0) is 84.6. The highest BCUT2D eigenvalue weighted by atomic mass is 16.8. The Hall–Kier alpha value is -3.05. The normalized spacial score (nSPS) is 55.0. The van der Waals surface area contributed by atoms with Crippen molar-refractivity contribution in [3.05, 3.63) is 11.6 Å². The molecule has 4 saturated carbocycles. The van der Waals surface area contributed by atoms with E-state index in [0.717, 1.165) is 11.9 Å². The number of ether oxygens (including phenoxy) is 16. The van der Waals surface area contributed by atoms with Crippen molar-refractivity contribution in [3.63, 3.8) is 0 Å². The number of esters is 1. The van der Waals surface area contributed by atoms with Gasteiger partial charge >= 0.3 is 11.9 Å². The molecule has 13 aliphatic rings. The van der Waals surface area contributed by atoms with Crippen LogP contribution in [-0.2, 0) is 90.2 Å². The minimum atomic E-state index is -2.23. The monoisotopic (exact) mass is 1670 g/mol. The molecule has 5 aliphatic carbocycles. The topological polar surface area (TPSA) is 624 Å². The number of aliphatic hydroxyl groups excluding tert-OH is 20. The largest absolute Gasteiger partial charge is 0.479 e. The number of hydrogen-bond donors (Lipinski definition) is 21. The van der Waals surface area contributed by atoms with Gasteiger partial charge in [-0.1, -0.05) is 53.2 Å². The SMILES string of the molecule is C[C@@H]1O[C@@H](O[C@H]2[C@H](O)[C@@H](C(=O)O)O[C@@H](O[C@H]3CC[C@]4(C)[C@H]5CC=C6[C@H]7CC(C)(C)CC[C@]7(C(=O)O[C@@H]7O[C@H](C)[C@H](O)[C@H](O)[C@H]7O[C@@H]7O[C@@H](C)[C@H](O[C@@H]8OC[C@@H](O)[C@H](O)[C@H]8O)[C@@H](O[C@@H]8O[C@H](CO)[C@@H](O)[C@H](O[C@@H]9OC[C@@H](O)[C@H](O)[C@H]9O)[C@H]8O)[C@H]7O)CC[C@@]6(C)[C@]5(C)CC[C@H]4[C@]3(C)C=O)[C@@H]2O[C@@H]2O[C@H](CO)[C@H](O)[C@H](O)[C@H]2O)[C@H](O)[C@H](O)[C@H]1O. The molecular weight excluding hydrogens is 1550 g/mol. The molecule has 0 unspecified atom stereocenters. The van der Waals surface area contributed by atoms with Crippen LogP contribution in [0.5, 0.6) is 0 Å². The third-order valence-corrected chi connectivity index (χ3v) is 28.9. The van der Waals surface area contributed by atoms with E-state index in [1.807, 2.05) is 0 Å². The standard InChI is InChI=1S/C76H120O40/c1-26-38(82)44(88)49(93)64(103-26)111-56-51(95)58(61(98)99)113-69(60(56)115-65-50(94)45(89)42(86)33(21-77)106-65)108-37-13-14-72(6)35(73(37,7)25-79)12-15-75(9)36(72)11-10-29-30-20-71(4,5)16-18-76(30,19-17-74(29,75)8)70(100)116-68-59(46(90)39(83)27(2)104-68)114-66-53(97)57(54(28(3)105-66)109-62-47(91)40(84)31(80)23-101-62)112-67-52(96)55(43(87)34(22-78)107-67)110-63-48(92)41(85)32(81)24-102-63/h10,25-28,30-60,62-69,77-78,80-97H,11-24H2,1-9H3,(H,98,99)/t26-,27+,28-,30+,31+,32+,33+,34+,35+,36+,37-,38-,39-,40-,41-,42-,43+,44+,45-,46-,47+,48+,49+,50+,51-,52+,53+,54-,55-,56-,57-,58-,59+,60+,62-,63-,64-,65-,66-,67-,68-,69+,72-,73-,74+,75+,76-/m0/s1. The summed E-state index contributed by atoms with van der Waals surface area (Å²) in [5.74, 6) is -3.56. The van der Waals surface area contributed by atoms with Gasteiger partial charge in [0.05, 0.1) is 61.7 Å². The lowest BCUT2D eigenvalue weighted by Crippen LogP contribution is -2.69. The smallest absolute Gasteiger partial charge is 0.335 e. The molecule has 0 aromatic carbocycles. The van der Waals surface area contributed by atoms with Crippen molar-refractivity contribution in [2.75, 3.05) is 26.4 Å². The van der Waals surface area contributed by atoms with Gasteiger partial charge in [-0.05, 0) is 124 Å².